The van der Waals surface area contributed by atoms with Crippen molar-refractivity contribution in [2.45, 2.75) is 358 Å². The van der Waals surface area contributed by atoms with E-state index in [4.69, 9.17) is 104 Å². The highest BCUT2D eigenvalue weighted by Gasteiger charge is 2.62. The van der Waals surface area contributed by atoms with E-state index in [0.29, 0.717) is 0 Å². The molecular weight excluding hydrogens is 1880 g/mol. The van der Waals surface area contributed by atoms with Crippen LogP contribution in [0.4, 0.5) is 0 Å². The van der Waals surface area contributed by atoms with Gasteiger partial charge in [0.2, 0.25) is 17.7 Å². The lowest BCUT2D eigenvalue weighted by atomic mass is 9.94. The maximum absolute atomic E-state index is 13.9. The Labute approximate surface area is 761 Å². The van der Waals surface area contributed by atoms with E-state index >= 15 is 0 Å². The van der Waals surface area contributed by atoms with E-state index in [1.54, 1.807) is 0 Å². The van der Waals surface area contributed by atoms with Crippen LogP contribution in [-0.4, -0.2) is 596 Å². The first kappa shape index (κ1) is 112. The number of nitrogens with one attached hydrogen (secondary N) is 3. The summed E-state index contributed by atoms with van der Waals surface area (Å²) in [5, 5.41) is 364. The maximum atomic E-state index is 13.9. The van der Waals surface area contributed by atoms with Gasteiger partial charge in [0.1, 0.15) is 268 Å². The number of rotatable bonds is 36. The number of hydrogen-bond donors (Lipinski definition) is 36. The molecule has 36 N–H and O–H groups in total. The molecule has 0 aliphatic carbocycles. The number of phosphoric acid groups is 1. The molecule has 0 aromatic rings. The van der Waals surface area contributed by atoms with Crippen LogP contribution in [0.15, 0.2) is 0 Å². The molecule has 63 heteroatoms. The van der Waals surface area contributed by atoms with E-state index in [1.165, 1.54) is 0 Å². The molecule has 3 amide bonds. The Morgan fingerprint density at radius 2 is 0.496 bits per heavy atom. The third-order valence-electron chi connectivity index (χ3n) is 24.4. The molecule has 0 radical (unpaired) electrons. The number of phosphoric ester groups is 1. The van der Waals surface area contributed by atoms with Crippen molar-refractivity contribution in [2.24, 2.45) is 0 Å². The second kappa shape index (κ2) is 48.4. The molecule has 0 bridgehead atoms. The van der Waals surface area contributed by atoms with Crippen molar-refractivity contribution in [3.8, 4) is 0 Å². The van der Waals surface area contributed by atoms with Crippen molar-refractivity contribution in [3.05, 3.63) is 0 Å². The van der Waals surface area contributed by atoms with E-state index in [9.17, 15) is 187 Å². The van der Waals surface area contributed by atoms with Gasteiger partial charge in [-0.1, -0.05) is 0 Å². The monoisotopic (exact) mass is 2000 g/mol. The Balaban J connectivity index is 0.960. The minimum Gasteiger partial charge on any atom is -0.394 e. The lowest BCUT2D eigenvalue weighted by molar-refractivity contribution is -0.401. The van der Waals surface area contributed by atoms with E-state index in [2.05, 4.69) is 16.0 Å². The van der Waals surface area contributed by atoms with Crippen LogP contribution in [0.1, 0.15) is 20.8 Å². The van der Waals surface area contributed by atoms with Crippen LogP contribution in [-0.2, 0) is 123 Å². The summed E-state index contributed by atoms with van der Waals surface area (Å²) in [7, 11) is -5.79. The molecule has 1 unspecified atom stereocenters. The summed E-state index contributed by atoms with van der Waals surface area (Å²) in [5.41, 5.74) is 0. The molecule has 0 saturated carbocycles. The zero-order valence-corrected chi connectivity index (χ0v) is 72.2. The van der Waals surface area contributed by atoms with E-state index in [0.717, 1.165) is 20.8 Å². The molecule has 11 fully saturated rings. The van der Waals surface area contributed by atoms with Crippen LogP contribution in [0, 0.1) is 0 Å². The van der Waals surface area contributed by atoms with E-state index in [-0.39, 0.29) is 0 Å². The van der Waals surface area contributed by atoms with Crippen molar-refractivity contribution >= 4 is 25.5 Å². The van der Waals surface area contributed by atoms with Gasteiger partial charge in [-0.15, -0.1) is 0 Å². The largest absolute Gasteiger partial charge is 0.474 e. The van der Waals surface area contributed by atoms with Gasteiger partial charge in [-0.05, 0) is 0 Å². The van der Waals surface area contributed by atoms with Gasteiger partial charge in [0.15, 0.2) is 69.2 Å². The summed E-state index contributed by atoms with van der Waals surface area (Å²) >= 11 is 0. The fraction of sp³-hybridized carbons (Fsp3) is 0.958. The van der Waals surface area contributed by atoms with Crippen LogP contribution < -0.4 is 16.0 Å². The first-order chi connectivity index (χ1) is 63.7. The smallest absolute Gasteiger partial charge is 0.394 e. The van der Waals surface area contributed by atoms with Gasteiger partial charge in [0.25, 0.3) is 0 Å². The highest BCUT2D eigenvalue weighted by atomic mass is 31.2. The molecule has 11 aliphatic heterocycles. The number of aliphatic hydroxyl groups is 32. The highest BCUT2D eigenvalue weighted by molar-refractivity contribution is 7.47. The van der Waals surface area contributed by atoms with E-state index < -0.39 is 436 Å². The van der Waals surface area contributed by atoms with Crippen molar-refractivity contribution in [2.75, 3.05) is 72.7 Å². The average molecular weight is 2000 g/mol. The molecule has 56 atom stereocenters. The zero-order chi connectivity index (χ0) is 99.4. The Hall–Kier alpha value is -3.56. The van der Waals surface area contributed by atoms with Gasteiger partial charge in [-0.3, -0.25) is 23.4 Å². The minimum atomic E-state index is -5.79. The second-order valence-corrected chi connectivity index (χ2v) is 35.1. The molecule has 11 saturated heterocycles. The third-order valence-corrected chi connectivity index (χ3v) is 25.3. The quantitative estimate of drug-likeness (QED) is 0.0259. The molecule has 11 rings (SSSR count). The summed E-state index contributed by atoms with van der Waals surface area (Å²) in [4.78, 5) is 48.7. The highest BCUT2D eigenvalue weighted by Crippen LogP contribution is 2.48. The number of ether oxygens (including phenoxy) is 20. The van der Waals surface area contributed by atoms with Gasteiger partial charge in [0.05, 0.1) is 72.7 Å². The SMILES string of the molecule is CC(=O)N[C@@H]1[C@@H](O)[C@H](O[C@@H]2O[C@H](CO)[C@@H](O[C@@H]3O[C@H](CO[C@H]4O[C@H](CO[C@H]5O[C@H](COP(=O)(O)O[C@H]6O[C@H](CO)[C@@H](O)[C@H](O)[C@H]6NC(C)=O)[C@@H](O)[C@H](O)[C@@H]5O[C@H]5O[C@H](CO)[C@@H](O)[C@H](O)[C@@H]5O)[C@@H](O)[C@H](O[C@H]5O[C@H](CO)[C@@H](O)[C@H](O)[C@@H]5O[C@H]5O[C@H](CO)[C@@H](O)[C@H](O)[C@@H]5O)[C@@H]4O)[C@@H](O)[C@H](O[C@H]4O[C@H](CO)[C@@H](O)[C@H](O)[C@@H]4O[C@H]4O[C@H](CO)[C@@H](O)[C@H](O)[C@@H]4O)[C@@H]3O)[C@H](O)[C@H]2NC(C)=O)[C@@H](CO)O[C@H]1O. The number of amides is 3. The standard InChI is InChI=1S/C72H122N3O59P/c1-15(84)73-29-42(97)55(24(10-82)116-62(29)110)127-63-31(75-17(3)86)43(98)56(25(11-83)123-63)128-69-54(109)58(130-72-61(48(103)37(92)23(9-81)122-72)133-68-52(107)46(101)35(90)21(7-79)120-68)40(95)27(125-69)12-113-65-53(108)57(129-71-60(47(102)36(91)22(8-80)121-71)132-67-51(106)45(100)34(89)20(6-78)119-67)39(94)26(124-65)13-114-70-59(131-66-50(105)44(99)33(88)19(5-77)118-66)49(104)38(93)28(126-70)14-115-135(111,112)134-64-30(74-16(2)85)41(96)32(87)18(4-76)117-64/h18-72,76-83,87-110H,4-14H2,1-3H3,(H,73,84)(H,74,85)(H,75,86)(H,111,112)/t18-,19-,20-,21-,22-,23-,24-,25-,26-,27-,28-,29-,30-,31-,32-,33-,34-,35-,36-,37-,38-,39-,40-,41-,42-,43-,44+,45+,46+,47+,48+,49+,50+,51+,52+,53+,54+,55-,56-,57+,58+,59+,60+,61+,62-,63+,64-,65+,66-,67-,68-,69+,70+,71-,72-/m1/s1. The lowest BCUT2D eigenvalue weighted by Crippen LogP contribution is -2.70. The molecule has 784 valence electrons. The molecule has 0 aromatic carbocycles. The van der Waals surface area contributed by atoms with Gasteiger partial charge in [-0.2, -0.15) is 0 Å². The molecule has 11 aliphatic rings. The molecule has 0 aromatic heterocycles. The van der Waals surface area contributed by atoms with Crippen LogP contribution >= 0.6 is 7.82 Å². The lowest BCUT2D eigenvalue weighted by Gasteiger charge is -2.51. The van der Waals surface area contributed by atoms with Crippen molar-refractivity contribution in [1.82, 2.24) is 16.0 Å². The molecule has 62 nitrogen and oxygen atoms in total. The van der Waals surface area contributed by atoms with Crippen molar-refractivity contribution in [3.63, 3.8) is 0 Å². The Morgan fingerprint density at radius 1 is 0.237 bits per heavy atom. The fourth-order valence-corrected chi connectivity index (χ4v) is 17.7. The van der Waals surface area contributed by atoms with E-state index in [1.807, 2.05) is 0 Å². The molecule has 11 heterocycles. The van der Waals surface area contributed by atoms with Crippen LogP contribution in [0.25, 0.3) is 0 Å². The number of hydrogen-bond acceptors (Lipinski definition) is 58. The first-order valence-electron chi connectivity index (χ1n) is 42.4. The Kier molecular flexibility index (Phi) is 40.1. The summed E-state index contributed by atoms with van der Waals surface area (Å²) in [6.45, 7) is -10.7. The Bertz CT molecular complexity index is 3730. The summed E-state index contributed by atoms with van der Waals surface area (Å²) in [6, 6.07) is -5.62. The molecular formula is C72H122N3O59P. The van der Waals surface area contributed by atoms with Gasteiger partial charge in [0, 0.05) is 20.8 Å². The van der Waals surface area contributed by atoms with Crippen molar-refractivity contribution < 1.29 is 291 Å². The number of carbonyl (C=O) groups excluding carboxylic acids is 3. The summed E-state index contributed by atoms with van der Waals surface area (Å²) < 4.78 is 142. The van der Waals surface area contributed by atoms with Gasteiger partial charge in [-0.25, -0.2) is 4.57 Å². The minimum absolute atomic E-state index is 0.830. The number of aliphatic hydroxyl groups excluding tert-OH is 32. The van der Waals surface area contributed by atoms with Crippen LogP contribution in [0.3, 0.4) is 0 Å². The molecule has 0 spiro atoms. The second-order valence-electron chi connectivity index (χ2n) is 33.7. The van der Waals surface area contributed by atoms with Crippen LogP contribution in [0.2, 0.25) is 0 Å². The predicted octanol–water partition coefficient (Wildman–Crippen LogP) is -24.4. The normalized spacial score (nSPS) is 50.1. The van der Waals surface area contributed by atoms with Gasteiger partial charge < -0.3 is 279 Å². The fourth-order valence-electron chi connectivity index (χ4n) is 16.9. The Morgan fingerprint density at radius 3 is 0.896 bits per heavy atom. The molecule has 135 heavy (non-hydrogen) atoms. The summed E-state index contributed by atoms with van der Waals surface area (Å²) in [6.07, 6.45) is -117. The maximum Gasteiger partial charge on any atom is 0.474 e. The predicted molar refractivity (Wildman–Crippen MR) is 408 cm³/mol. The van der Waals surface area contributed by atoms with Crippen molar-refractivity contribution in [1.29, 1.82) is 0 Å². The first-order valence-corrected chi connectivity index (χ1v) is 43.9. The third kappa shape index (κ3) is 25.0. The zero-order valence-electron chi connectivity index (χ0n) is 71.4. The van der Waals surface area contributed by atoms with Crippen LogP contribution in [0.5, 0.6) is 0 Å². The number of carbonyl (C=O) groups is 3. The van der Waals surface area contributed by atoms with Gasteiger partial charge >= 0.3 is 7.82 Å². The topological polar surface area (TPSA) is 975 Å². The average Bonchev–Trinajstić information content (AvgIpc) is 0.764. The summed E-state index contributed by atoms with van der Waals surface area (Å²) in [5.74, 6) is -2.77.